The Balaban J connectivity index is 1.88. The van der Waals surface area contributed by atoms with Crippen molar-refractivity contribution in [2.45, 2.75) is 32.8 Å². The normalized spacial score (nSPS) is 36.1. The number of fused-ring (bicyclic) bond motifs is 1. The minimum absolute atomic E-state index is 0.0104. The standard InChI is InChI=1S/C11H19NO2/c1-11(2,3)14-10(13)9-7-4-5-12-6-8(7)9/h7-9,12H,4-6H2,1-3H3/t7-,8+,9+/m0/s1. The average molecular weight is 197 g/mol. The molecule has 0 radical (unpaired) electrons. The predicted molar refractivity (Wildman–Crippen MR) is 53.8 cm³/mol. The second-order valence-corrected chi connectivity index (χ2v) is 5.38. The lowest BCUT2D eigenvalue weighted by Crippen LogP contribution is -2.26. The van der Waals surface area contributed by atoms with E-state index in [-0.39, 0.29) is 17.5 Å². The van der Waals surface area contributed by atoms with Crippen LogP contribution in [0, 0.1) is 17.8 Å². The van der Waals surface area contributed by atoms with Crippen LogP contribution in [0.4, 0.5) is 0 Å². The van der Waals surface area contributed by atoms with Gasteiger partial charge in [-0.3, -0.25) is 4.79 Å². The third kappa shape index (κ3) is 1.92. The molecule has 0 aromatic heterocycles. The summed E-state index contributed by atoms with van der Waals surface area (Å²) in [7, 11) is 0. The van der Waals surface area contributed by atoms with Crippen LogP contribution in [0.2, 0.25) is 0 Å². The molecule has 2 rings (SSSR count). The summed E-state index contributed by atoms with van der Waals surface area (Å²) in [6.45, 7) is 7.83. The van der Waals surface area contributed by atoms with Crippen LogP contribution in [0.15, 0.2) is 0 Å². The zero-order valence-electron chi connectivity index (χ0n) is 9.17. The van der Waals surface area contributed by atoms with Gasteiger partial charge in [-0.2, -0.15) is 0 Å². The molecule has 0 aromatic carbocycles. The number of esters is 1. The molecule has 0 spiro atoms. The van der Waals surface area contributed by atoms with Crippen LogP contribution in [0.5, 0.6) is 0 Å². The van der Waals surface area contributed by atoms with Gasteiger partial charge in [0, 0.05) is 0 Å². The first-order valence-corrected chi connectivity index (χ1v) is 5.42. The van der Waals surface area contributed by atoms with E-state index in [4.69, 9.17) is 4.74 Å². The van der Waals surface area contributed by atoms with Gasteiger partial charge in [0.1, 0.15) is 5.60 Å². The molecule has 14 heavy (non-hydrogen) atoms. The smallest absolute Gasteiger partial charge is 0.310 e. The van der Waals surface area contributed by atoms with Gasteiger partial charge >= 0.3 is 5.97 Å². The summed E-state index contributed by atoms with van der Waals surface area (Å²) in [6.07, 6.45) is 1.13. The molecule has 2 aliphatic rings. The average Bonchev–Trinajstić information content (AvgIpc) is 2.73. The quantitative estimate of drug-likeness (QED) is 0.642. The van der Waals surface area contributed by atoms with Crippen LogP contribution in [-0.4, -0.2) is 24.7 Å². The molecular formula is C11H19NO2. The zero-order valence-corrected chi connectivity index (χ0v) is 9.17. The third-order valence-corrected chi connectivity index (χ3v) is 3.05. The molecule has 1 aliphatic carbocycles. The summed E-state index contributed by atoms with van der Waals surface area (Å²) in [5.74, 6) is 1.35. The molecule has 1 saturated heterocycles. The molecule has 0 unspecified atom stereocenters. The van der Waals surface area contributed by atoms with Crippen LogP contribution in [0.3, 0.4) is 0 Å². The third-order valence-electron chi connectivity index (χ3n) is 3.05. The molecule has 1 N–H and O–H groups in total. The topological polar surface area (TPSA) is 38.3 Å². The number of hydrogen-bond acceptors (Lipinski definition) is 3. The maximum absolute atomic E-state index is 11.7. The largest absolute Gasteiger partial charge is 0.460 e. The highest BCUT2D eigenvalue weighted by Gasteiger charge is 2.56. The van der Waals surface area contributed by atoms with Crippen molar-refractivity contribution in [2.75, 3.05) is 13.1 Å². The number of ether oxygens (including phenoxy) is 1. The van der Waals surface area contributed by atoms with Gasteiger partial charge in [0.15, 0.2) is 0 Å². The van der Waals surface area contributed by atoms with Gasteiger partial charge in [-0.05, 0) is 52.1 Å². The van der Waals surface area contributed by atoms with Crippen molar-refractivity contribution in [3.8, 4) is 0 Å². The van der Waals surface area contributed by atoms with E-state index in [1.165, 1.54) is 0 Å². The molecule has 1 heterocycles. The van der Waals surface area contributed by atoms with Gasteiger partial charge in [-0.1, -0.05) is 0 Å². The molecule has 3 heteroatoms. The van der Waals surface area contributed by atoms with E-state index < -0.39 is 0 Å². The highest BCUT2D eigenvalue weighted by atomic mass is 16.6. The molecule has 80 valence electrons. The lowest BCUT2D eigenvalue weighted by atomic mass is 10.2. The number of nitrogens with one attached hydrogen (secondary N) is 1. The Hall–Kier alpha value is -0.570. The summed E-state index contributed by atoms with van der Waals surface area (Å²) < 4.78 is 5.39. The van der Waals surface area contributed by atoms with Crippen molar-refractivity contribution in [1.29, 1.82) is 0 Å². The van der Waals surface area contributed by atoms with E-state index in [0.29, 0.717) is 11.8 Å². The predicted octanol–water partition coefficient (Wildman–Crippen LogP) is 1.18. The fourth-order valence-corrected chi connectivity index (χ4v) is 2.37. The molecule has 1 aliphatic heterocycles. The molecule has 0 aromatic rings. The van der Waals surface area contributed by atoms with Gasteiger partial charge in [-0.15, -0.1) is 0 Å². The summed E-state index contributed by atoms with van der Waals surface area (Å²) in [6, 6.07) is 0. The van der Waals surface area contributed by atoms with Crippen molar-refractivity contribution in [1.82, 2.24) is 5.32 Å². The van der Waals surface area contributed by atoms with Crippen LogP contribution in [-0.2, 0) is 9.53 Å². The molecule has 3 atom stereocenters. The Morgan fingerprint density at radius 2 is 2.07 bits per heavy atom. The first kappa shape index (κ1) is 9.97. The van der Waals surface area contributed by atoms with Gasteiger partial charge < -0.3 is 10.1 Å². The number of hydrogen-bond donors (Lipinski definition) is 1. The van der Waals surface area contributed by atoms with Crippen molar-refractivity contribution in [3.05, 3.63) is 0 Å². The minimum atomic E-state index is -0.337. The zero-order chi connectivity index (χ0) is 10.3. The van der Waals surface area contributed by atoms with E-state index in [1.807, 2.05) is 20.8 Å². The Labute approximate surface area is 85.2 Å². The van der Waals surface area contributed by atoms with E-state index in [2.05, 4.69) is 5.32 Å². The molecule has 3 nitrogen and oxygen atoms in total. The Morgan fingerprint density at radius 1 is 1.36 bits per heavy atom. The maximum atomic E-state index is 11.7. The lowest BCUT2D eigenvalue weighted by molar-refractivity contribution is -0.157. The van der Waals surface area contributed by atoms with E-state index in [1.54, 1.807) is 0 Å². The second kappa shape index (κ2) is 3.23. The van der Waals surface area contributed by atoms with Gasteiger partial charge in [-0.25, -0.2) is 0 Å². The van der Waals surface area contributed by atoms with E-state index in [9.17, 15) is 4.79 Å². The summed E-state index contributed by atoms with van der Waals surface area (Å²) in [4.78, 5) is 11.7. The molecule has 0 amide bonds. The summed E-state index contributed by atoms with van der Waals surface area (Å²) in [5, 5.41) is 3.32. The van der Waals surface area contributed by atoms with Crippen LogP contribution < -0.4 is 5.32 Å². The highest BCUT2D eigenvalue weighted by molar-refractivity contribution is 5.77. The fraction of sp³-hybridized carbons (Fsp3) is 0.909. The number of carbonyl (C=O) groups is 1. The highest BCUT2D eigenvalue weighted by Crippen LogP contribution is 2.50. The van der Waals surface area contributed by atoms with Crippen molar-refractivity contribution in [3.63, 3.8) is 0 Å². The first-order valence-electron chi connectivity index (χ1n) is 5.42. The number of rotatable bonds is 1. The molecular weight excluding hydrogens is 178 g/mol. The lowest BCUT2D eigenvalue weighted by Gasteiger charge is -2.19. The maximum Gasteiger partial charge on any atom is 0.310 e. The summed E-state index contributed by atoms with van der Waals surface area (Å²) in [5.41, 5.74) is -0.337. The second-order valence-electron chi connectivity index (χ2n) is 5.38. The monoisotopic (exact) mass is 197 g/mol. The molecule has 1 saturated carbocycles. The Bertz CT molecular complexity index is 232. The van der Waals surface area contributed by atoms with Crippen molar-refractivity contribution in [2.24, 2.45) is 17.8 Å². The van der Waals surface area contributed by atoms with E-state index >= 15 is 0 Å². The minimum Gasteiger partial charge on any atom is -0.460 e. The van der Waals surface area contributed by atoms with Crippen LogP contribution in [0.25, 0.3) is 0 Å². The first-order chi connectivity index (χ1) is 6.49. The van der Waals surface area contributed by atoms with Gasteiger partial charge in [0.05, 0.1) is 5.92 Å². The van der Waals surface area contributed by atoms with Crippen molar-refractivity contribution >= 4 is 5.97 Å². The van der Waals surface area contributed by atoms with Crippen LogP contribution in [0.1, 0.15) is 27.2 Å². The number of piperidine rings is 1. The fourth-order valence-electron chi connectivity index (χ4n) is 2.37. The summed E-state index contributed by atoms with van der Waals surface area (Å²) >= 11 is 0. The van der Waals surface area contributed by atoms with Crippen molar-refractivity contribution < 1.29 is 9.53 Å². The SMILES string of the molecule is CC(C)(C)OC(=O)[C@H]1[C@@H]2CNCC[C@@H]21. The Morgan fingerprint density at radius 3 is 2.57 bits per heavy atom. The van der Waals surface area contributed by atoms with Gasteiger partial charge in [0.2, 0.25) is 0 Å². The van der Waals surface area contributed by atoms with Crippen LogP contribution >= 0.6 is 0 Å². The Kier molecular flexibility index (Phi) is 2.30. The molecule has 2 fully saturated rings. The molecule has 0 bridgehead atoms. The number of carbonyl (C=O) groups excluding carboxylic acids is 1. The van der Waals surface area contributed by atoms with E-state index in [0.717, 1.165) is 19.5 Å². The van der Waals surface area contributed by atoms with Gasteiger partial charge in [0.25, 0.3) is 0 Å².